The lowest BCUT2D eigenvalue weighted by Gasteiger charge is -2.19. The molecule has 0 aliphatic heterocycles. The van der Waals surface area contributed by atoms with Crippen LogP contribution in [0.25, 0.3) is 0 Å². The summed E-state index contributed by atoms with van der Waals surface area (Å²) in [7, 11) is 1.68. The highest BCUT2D eigenvalue weighted by atomic mass is 35.5. The van der Waals surface area contributed by atoms with Crippen LogP contribution in [0.5, 0.6) is 0 Å². The van der Waals surface area contributed by atoms with E-state index in [1.54, 1.807) is 36.2 Å². The Kier molecular flexibility index (Phi) is 4.05. The first kappa shape index (κ1) is 14.1. The molecule has 1 aromatic carbocycles. The first-order chi connectivity index (χ1) is 9.52. The quantitative estimate of drug-likeness (QED) is 0.395. The molecular formula is C13H12ClFN4O. The first-order valence-electron chi connectivity index (χ1n) is 5.65. The molecule has 0 atom stereocenters. The highest BCUT2D eigenvalue weighted by Gasteiger charge is 2.12. The second-order valence-corrected chi connectivity index (χ2v) is 4.49. The number of nitrogens with zero attached hydrogens (tertiary/aromatic N) is 3. The third-order valence-electron chi connectivity index (χ3n) is 2.76. The molecule has 2 rings (SSSR count). The van der Waals surface area contributed by atoms with E-state index in [1.165, 1.54) is 12.3 Å². The van der Waals surface area contributed by atoms with Crippen molar-refractivity contribution in [3.8, 4) is 0 Å². The topological polar surface area (TPSA) is 74.7 Å². The van der Waals surface area contributed by atoms with E-state index in [2.05, 4.69) is 10.1 Å². The summed E-state index contributed by atoms with van der Waals surface area (Å²) in [5, 5.41) is 11.7. The SMILES string of the molecule is CN(c1ccc(C(N)=NO)cc1)c1ncc(Cl)cc1F. The van der Waals surface area contributed by atoms with Gasteiger partial charge in [0.15, 0.2) is 17.5 Å². The average molecular weight is 295 g/mol. The van der Waals surface area contributed by atoms with Crippen LogP contribution in [-0.4, -0.2) is 23.1 Å². The lowest BCUT2D eigenvalue weighted by Crippen LogP contribution is -2.15. The number of anilines is 2. The lowest BCUT2D eigenvalue weighted by molar-refractivity contribution is 0.318. The van der Waals surface area contributed by atoms with Crippen molar-refractivity contribution in [2.75, 3.05) is 11.9 Å². The number of rotatable bonds is 3. The van der Waals surface area contributed by atoms with Crippen LogP contribution in [-0.2, 0) is 0 Å². The monoisotopic (exact) mass is 294 g/mol. The number of benzene rings is 1. The summed E-state index contributed by atoms with van der Waals surface area (Å²) in [5.74, 6) is -0.346. The Morgan fingerprint density at radius 3 is 2.60 bits per heavy atom. The van der Waals surface area contributed by atoms with Crippen LogP contribution in [0.2, 0.25) is 5.02 Å². The number of hydrogen-bond donors (Lipinski definition) is 2. The molecule has 7 heteroatoms. The smallest absolute Gasteiger partial charge is 0.170 e. The Bertz CT molecular complexity index is 645. The molecule has 3 N–H and O–H groups in total. The maximum absolute atomic E-state index is 13.8. The van der Waals surface area contributed by atoms with Gasteiger partial charge in [0.05, 0.1) is 5.02 Å². The van der Waals surface area contributed by atoms with E-state index in [-0.39, 0.29) is 16.7 Å². The molecule has 0 bridgehead atoms. The second-order valence-electron chi connectivity index (χ2n) is 4.05. The van der Waals surface area contributed by atoms with Crippen molar-refractivity contribution in [1.82, 2.24) is 4.98 Å². The van der Waals surface area contributed by atoms with E-state index in [0.717, 1.165) is 0 Å². The molecule has 0 aliphatic carbocycles. The van der Waals surface area contributed by atoms with Crippen LogP contribution in [0, 0.1) is 5.82 Å². The third-order valence-corrected chi connectivity index (χ3v) is 2.97. The molecule has 2 aromatic rings. The zero-order valence-electron chi connectivity index (χ0n) is 10.6. The van der Waals surface area contributed by atoms with Crippen molar-refractivity contribution >= 4 is 28.9 Å². The predicted molar refractivity (Wildman–Crippen MR) is 76.2 cm³/mol. The van der Waals surface area contributed by atoms with Gasteiger partial charge < -0.3 is 15.8 Å². The fraction of sp³-hybridized carbons (Fsp3) is 0.0769. The molecule has 0 saturated heterocycles. The normalized spacial score (nSPS) is 11.4. The Morgan fingerprint density at radius 1 is 1.40 bits per heavy atom. The molecule has 0 amide bonds. The van der Waals surface area contributed by atoms with Crippen molar-refractivity contribution in [1.29, 1.82) is 0 Å². The first-order valence-corrected chi connectivity index (χ1v) is 6.03. The van der Waals surface area contributed by atoms with E-state index < -0.39 is 5.82 Å². The molecular weight excluding hydrogens is 283 g/mol. The van der Waals surface area contributed by atoms with Crippen molar-refractivity contribution in [3.63, 3.8) is 0 Å². The number of amidine groups is 1. The van der Waals surface area contributed by atoms with Crippen LogP contribution >= 0.6 is 11.6 Å². The van der Waals surface area contributed by atoms with Gasteiger partial charge in [-0.15, -0.1) is 0 Å². The molecule has 20 heavy (non-hydrogen) atoms. The Hall–Kier alpha value is -2.34. The van der Waals surface area contributed by atoms with E-state index in [0.29, 0.717) is 11.3 Å². The summed E-state index contributed by atoms with van der Waals surface area (Å²) in [6.45, 7) is 0. The minimum atomic E-state index is -0.513. The van der Waals surface area contributed by atoms with Gasteiger partial charge in [-0.3, -0.25) is 0 Å². The molecule has 1 aromatic heterocycles. The Balaban J connectivity index is 2.31. The second kappa shape index (κ2) is 5.75. The molecule has 104 valence electrons. The van der Waals surface area contributed by atoms with Gasteiger partial charge in [-0.25, -0.2) is 9.37 Å². The molecule has 0 fully saturated rings. The van der Waals surface area contributed by atoms with Crippen molar-refractivity contribution in [3.05, 3.63) is 52.9 Å². The Morgan fingerprint density at radius 2 is 2.05 bits per heavy atom. The number of pyridine rings is 1. The summed E-state index contributed by atoms with van der Waals surface area (Å²) < 4.78 is 13.8. The van der Waals surface area contributed by atoms with Crippen molar-refractivity contribution in [2.45, 2.75) is 0 Å². The summed E-state index contributed by atoms with van der Waals surface area (Å²) in [6, 6.07) is 7.95. The number of aromatic nitrogens is 1. The van der Waals surface area contributed by atoms with Gasteiger partial charge in [-0.1, -0.05) is 16.8 Å². The van der Waals surface area contributed by atoms with E-state index >= 15 is 0 Å². The van der Waals surface area contributed by atoms with Crippen LogP contribution in [0.3, 0.4) is 0 Å². The molecule has 0 aliphatic rings. The van der Waals surface area contributed by atoms with Gasteiger partial charge in [-0.05, 0) is 30.3 Å². The van der Waals surface area contributed by atoms with Gasteiger partial charge in [0.2, 0.25) is 0 Å². The van der Waals surface area contributed by atoms with Gasteiger partial charge in [-0.2, -0.15) is 0 Å². The summed E-state index contributed by atoms with van der Waals surface area (Å²) in [6.07, 6.45) is 1.38. The predicted octanol–water partition coefficient (Wildman–Crippen LogP) is 2.74. The molecule has 5 nitrogen and oxygen atoms in total. The zero-order valence-corrected chi connectivity index (χ0v) is 11.3. The lowest BCUT2D eigenvalue weighted by atomic mass is 10.2. The average Bonchev–Trinajstić information content (AvgIpc) is 2.46. The largest absolute Gasteiger partial charge is 0.409 e. The number of nitrogens with two attached hydrogens (primary N) is 1. The fourth-order valence-corrected chi connectivity index (χ4v) is 1.83. The summed E-state index contributed by atoms with van der Waals surface area (Å²) >= 11 is 5.67. The number of hydrogen-bond acceptors (Lipinski definition) is 4. The number of halogens is 2. The van der Waals surface area contributed by atoms with Gasteiger partial charge in [0.25, 0.3) is 0 Å². The third kappa shape index (κ3) is 2.80. The van der Waals surface area contributed by atoms with Crippen LogP contribution in [0.4, 0.5) is 15.9 Å². The maximum atomic E-state index is 13.8. The van der Waals surface area contributed by atoms with Crippen molar-refractivity contribution < 1.29 is 9.60 Å². The maximum Gasteiger partial charge on any atom is 0.170 e. The highest BCUT2D eigenvalue weighted by Crippen LogP contribution is 2.25. The fourth-order valence-electron chi connectivity index (χ4n) is 1.69. The summed E-state index contributed by atoms with van der Waals surface area (Å²) in [5.41, 5.74) is 6.74. The molecule has 1 heterocycles. The van der Waals surface area contributed by atoms with E-state index in [9.17, 15) is 4.39 Å². The van der Waals surface area contributed by atoms with Crippen LogP contribution < -0.4 is 10.6 Å². The zero-order chi connectivity index (χ0) is 14.7. The van der Waals surface area contributed by atoms with Gasteiger partial charge >= 0.3 is 0 Å². The summed E-state index contributed by atoms with van der Waals surface area (Å²) in [4.78, 5) is 5.53. The highest BCUT2D eigenvalue weighted by molar-refractivity contribution is 6.30. The molecule has 0 saturated carbocycles. The van der Waals surface area contributed by atoms with Crippen molar-refractivity contribution in [2.24, 2.45) is 10.9 Å². The van der Waals surface area contributed by atoms with Gasteiger partial charge in [0.1, 0.15) is 0 Å². The molecule has 0 unspecified atom stereocenters. The van der Waals surface area contributed by atoms with Gasteiger partial charge in [0, 0.05) is 24.5 Å². The van der Waals surface area contributed by atoms with E-state index in [1.807, 2.05) is 0 Å². The standard InChI is InChI=1S/C13H12ClFN4O/c1-19(13-11(15)6-9(14)7-17-13)10-4-2-8(3-5-10)12(16)18-20/h2-7,20H,1H3,(H2,16,18). The van der Waals surface area contributed by atoms with E-state index in [4.69, 9.17) is 22.5 Å². The molecule has 0 radical (unpaired) electrons. The number of oxime groups is 1. The minimum Gasteiger partial charge on any atom is -0.409 e. The Labute approximate surface area is 120 Å². The molecule has 0 spiro atoms. The van der Waals surface area contributed by atoms with Crippen LogP contribution in [0.1, 0.15) is 5.56 Å². The van der Waals surface area contributed by atoms with Crippen LogP contribution in [0.15, 0.2) is 41.7 Å². The minimum absolute atomic E-state index is 0.00926.